The second-order valence-corrected chi connectivity index (χ2v) is 9.05. The molecule has 0 radical (unpaired) electrons. The maximum atomic E-state index is 12.8. The first-order valence-electron chi connectivity index (χ1n) is 9.61. The second kappa shape index (κ2) is 9.49. The maximum Gasteiger partial charge on any atom is 0.243 e. The number of amides is 1. The Kier molecular flexibility index (Phi) is 7.02. The summed E-state index contributed by atoms with van der Waals surface area (Å²) in [7, 11) is -1.72. The number of nitrogens with one attached hydrogen (secondary N) is 1. The van der Waals surface area contributed by atoms with Gasteiger partial charge in [-0.2, -0.15) is 4.31 Å². The lowest BCUT2D eigenvalue weighted by Crippen LogP contribution is -2.40. The van der Waals surface area contributed by atoms with E-state index in [4.69, 9.17) is 4.74 Å². The zero-order valence-corrected chi connectivity index (χ0v) is 17.6. The van der Waals surface area contributed by atoms with Gasteiger partial charge in [-0.15, -0.1) is 0 Å². The highest BCUT2D eigenvalue weighted by atomic mass is 32.2. The first-order valence-corrected chi connectivity index (χ1v) is 11.0. The van der Waals surface area contributed by atoms with Crippen LogP contribution in [-0.4, -0.2) is 62.9 Å². The van der Waals surface area contributed by atoms with E-state index in [0.717, 1.165) is 5.56 Å². The van der Waals surface area contributed by atoms with Crippen molar-refractivity contribution in [1.82, 2.24) is 9.21 Å². The topological polar surface area (TPSA) is 79.0 Å². The SMILES string of the molecule is C[C@@H](C(=O)Nc1cccc(S(=O)(=O)N2CCOCC2)c1)N(C)Cc1ccccc1. The number of rotatable bonds is 7. The number of ether oxygens (including phenoxy) is 1. The van der Waals surface area contributed by atoms with Crippen LogP contribution < -0.4 is 5.32 Å². The van der Waals surface area contributed by atoms with Crippen LogP contribution >= 0.6 is 0 Å². The summed E-state index contributed by atoms with van der Waals surface area (Å²) in [6.07, 6.45) is 0. The molecule has 2 aromatic rings. The summed E-state index contributed by atoms with van der Waals surface area (Å²) in [5.74, 6) is -0.190. The van der Waals surface area contributed by atoms with E-state index in [0.29, 0.717) is 38.5 Å². The Morgan fingerprint density at radius 1 is 1.14 bits per heavy atom. The molecule has 0 bridgehead atoms. The molecule has 1 saturated heterocycles. The van der Waals surface area contributed by atoms with E-state index in [9.17, 15) is 13.2 Å². The van der Waals surface area contributed by atoms with Crippen LogP contribution in [0.15, 0.2) is 59.5 Å². The Hall–Kier alpha value is -2.26. The third kappa shape index (κ3) is 5.42. The number of carbonyl (C=O) groups is 1. The number of nitrogens with zero attached hydrogens (tertiary/aromatic N) is 2. The molecule has 1 aliphatic heterocycles. The Labute approximate surface area is 172 Å². The third-order valence-electron chi connectivity index (χ3n) is 5.02. The van der Waals surface area contributed by atoms with Gasteiger partial charge in [-0.25, -0.2) is 8.42 Å². The fourth-order valence-corrected chi connectivity index (χ4v) is 4.58. The van der Waals surface area contributed by atoms with Gasteiger partial charge in [-0.1, -0.05) is 36.4 Å². The van der Waals surface area contributed by atoms with Gasteiger partial charge in [0.25, 0.3) is 0 Å². The van der Waals surface area contributed by atoms with Crippen molar-refractivity contribution in [2.75, 3.05) is 38.7 Å². The van der Waals surface area contributed by atoms with Crippen LogP contribution in [0.4, 0.5) is 5.69 Å². The first kappa shape index (κ1) is 21.4. The lowest BCUT2D eigenvalue weighted by molar-refractivity contribution is -0.120. The Balaban J connectivity index is 1.66. The van der Waals surface area contributed by atoms with E-state index >= 15 is 0 Å². The fraction of sp³-hybridized carbons (Fsp3) is 0.381. The molecule has 1 amide bonds. The van der Waals surface area contributed by atoms with Gasteiger partial charge in [-0.05, 0) is 37.7 Å². The van der Waals surface area contributed by atoms with Crippen molar-refractivity contribution in [2.45, 2.75) is 24.4 Å². The van der Waals surface area contributed by atoms with Crippen LogP contribution in [-0.2, 0) is 26.1 Å². The van der Waals surface area contributed by atoms with Crippen molar-refractivity contribution in [2.24, 2.45) is 0 Å². The Morgan fingerprint density at radius 2 is 1.83 bits per heavy atom. The highest BCUT2D eigenvalue weighted by Gasteiger charge is 2.27. The molecular weight excluding hydrogens is 390 g/mol. The van der Waals surface area contributed by atoms with Crippen LogP contribution in [0.25, 0.3) is 0 Å². The van der Waals surface area contributed by atoms with Crippen molar-refractivity contribution in [3.05, 3.63) is 60.2 Å². The minimum absolute atomic E-state index is 0.169. The molecule has 0 spiro atoms. The highest BCUT2D eigenvalue weighted by Crippen LogP contribution is 2.21. The monoisotopic (exact) mass is 417 g/mol. The number of benzene rings is 2. The molecule has 0 saturated carbocycles. The lowest BCUT2D eigenvalue weighted by atomic mass is 10.2. The predicted octanol–water partition coefficient (Wildman–Crippen LogP) is 2.17. The number of hydrogen-bond donors (Lipinski definition) is 1. The summed E-state index contributed by atoms with van der Waals surface area (Å²) in [6, 6.07) is 15.9. The molecule has 2 aromatic carbocycles. The fourth-order valence-electron chi connectivity index (χ4n) is 3.13. The Bertz CT molecular complexity index is 928. The predicted molar refractivity (Wildman–Crippen MR) is 112 cm³/mol. The molecule has 8 heteroatoms. The van der Waals surface area contributed by atoms with Crippen LogP contribution in [0.2, 0.25) is 0 Å². The van der Waals surface area contributed by atoms with Gasteiger partial charge in [0.05, 0.1) is 24.2 Å². The van der Waals surface area contributed by atoms with Gasteiger partial charge < -0.3 is 10.1 Å². The number of sulfonamides is 1. The molecule has 1 N–H and O–H groups in total. The van der Waals surface area contributed by atoms with Crippen molar-refractivity contribution >= 4 is 21.6 Å². The van der Waals surface area contributed by atoms with E-state index in [1.54, 1.807) is 18.2 Å². The van der Waals surface area contributed by atoms with Gasteiger partial charge in [-0.3, -0.25) is 9.69 Å². The first-order chi connectivity index (χ1) is 13.9. The average molecular weight is 418 g/mol. The molecule has 1 atom stereocenters. The van der Waals surface area contributed by atoms with E-state index in [1.165, 1.54) is 10.4 Å². The molecule has 0 aliphatic carbocycles. The molecule has 1 aliphatic rings. The van der Waals surface area contributed by atoms with Crippen molar-refractivity contribution in [1.29, 1.82) is 0 Å². The summed E-state index contributed by atoms with van der Waals surface area (Å²) in [6.45, 7) is 3.91. The van der Waals surface area contributed by atoms with Gasteiger partial charge in [0.1, 0.15) is 0 Å². The summed E-state index contributed by atoms with van der Waals surface area (Å²) in [5.41, 5.74) is 1.58. The number of morpholine rings is 1. The molecular formula is C21H27N3O4S. The van der Waals surface area contributed by atoms with Crippen molar-refractivity contribution in [3.63, 3.8) is 0 Å². The van der Waals surface area contributed by atoms with Gasteiger partial charge in [0.2, 0.25) is 15.9 Å². The standard InChI is InChI=1S/C21H27N3O4S/c1-17(23(2)16-18-7-4-3-5-8-18)21(25)22-19-9-6-10-20(15-19)29(26,27)24-11-13-28-14-12-24/h3-10,15,17H,11-14,16H2,1-2H3,(H,22,25)/t17-/m0/s1. The number of anilines is 1. The minimum atomic E-state index is -3.61. The van der Waals surface area contributed by atoms with Gasteiger partial charge in [0, 0.05) is 25.3 Å². The summed E-state index contributed by atoms with van der Waals surface area (Å²) in [4.78, 5) is 14.8. The summed E-state index contributed by atoms with van der Waals surface area (Å²) in [5, 5.41) is 2.84. The van der Waals surface area contributed by atoms with Crippen LogP contribution in [0.5, 0.6) is 0 Å². The van der Waals surface area contributed by atoms with Gasteiger partial charge >= 0.3 is 0 Å². The van der Waals surface area contributed by atoms with Crippen LogP contribution in [0.1, 0.15) is 12.5 Å². The van der Waals surface area contributed by atoms with Crippen LogP contribution in [0.3, 0.4) is 0 Å². The highest BCUT2D eigenvalue weighted by molar-refractivity contribution is 7.89. The molecule has 3 rings (SSSR count). The van der Waals surface area contributed by atoms with Crippen molar-refractivity contribution < 1.29 is 17.9 Å². The number of hydrogen-bond acceptors (Lipinski definition) is 5. The average Bonchev–Trinajstić information content (AvgIpc) is 2.74. The molecule has 7 nitrogen and oxygen atoms in total. The normalized spacial score (nSPS) is 16.5. The maximum absolute atomic E-state index is 12.8. The van der Waals surface area contributed by atoms with Gasteiger partial charge in [0.15, 0.2) is 0 Å². The molecule has 0 unspecified atom stereocenters. The van der Waals surface area contributed by atoms with Crippen molar-refractivity contribution in [3.8, 4) is 0 Å². The van der Waals surface area contributed by atoms with E-state index in [-0.39, 0.29) is 16.8 Å². The smallest absolute Gasteiger partial charge is 0.243 e. The van der Waals surface area contributed by atoms with E-state index in [2.05, 4.69) is 5.32 Å². The third-order valence-corrected chi connectivity index (χ3v) is 6.92. The van der Waals surface area contributed by atoms with E-state index in [1.807, 2.05) is 49.2 Å². The van der Waals surface area contributed by atoms with Crippen LogP contribution in [0, 0.1) is 0 Å². The molecule has 1 fully saturated rings. The largest absolute Gasteiger partial charge is 0.379 e. The second-order valence-electron chi connectivity index (χ2n) is 7.11. The van der Waals surface area contributed by atoms with E-state index < -0.39 is 10.0 Å². The Morgan fingerprint density at radius 3 is 2.52 bits per heavy atom. The summed E-state index contributed by atoms with van der Waals surface area (Å²) >= 11 is 0. The molecule has 29 heavy (non-hydrogen) atoms. The molecule has 1 heterocycles. The number of carbonyl (C=O) groups excluding carboxylic acids is 1. The zero-order chi connectivity index (χ0) is 20.9. The lowest BCUT2D eigenvalue weighted by Gasteiger charge is -2.26. The minimum Gasteiger partial charge on any atom is -0.379 e. The molecule has 156 valence electrons. The summed E-state index contributed by atoms with van der Waals surface area (Å²) < 4.78 is 32.3. The quantitative estimate of drug-likeness (QED) is 0.747. The molecule has 0 aromatic heterocycles. The number of likely N-dealkylation sites (N-methyl/N-ethyl adjacent to an activating group) is 1. The zero-order valence-electron chi connectivity index (χ0n) is 16.7.